The summed E-state index contributed by atoms with van der Waals surface area (Å²) in [6.07, 6.45) is -0.0672. The monoisotopic (exact) mass is 462 g/mol. The number of aliphatic hydroxyl groups is 1. The topological polar surface area (TPSA) is 132 Å². The fraction of sp³-hybridized carbons (Fsp3) is 0.455. The summed E-state index contributed by atoms with van der Waals surface area (Å²) in [5.74, 6) is 2.33. The summed E-state index contributed by atoms with van der Waals surface area (Å²) in [5.41, 5.74) is 7.77. The molecule has 2 rings (SSSR count). The molecule has 0 saturated carbocycles. The third kappa shape index (κ3) is 6.14. The molecule has 0 bridgehead atoms. The second-order valence-corrected chi connectivity index (χ2v) is 11.4. The Labute approximate surface area is 188 Å². The van der Waals surface area contributed by atoms with E-state index < -0.39 is 21.4 Å². The van der Waals surface area contributed by atoms with Crippen molar-refractivity contribution in [1.29, 1.82) is 0 Å². The Bertz CT molecular complexity index is 1130. The van der Waals surface area contributed by atoms with Crippen molar-refractivity contribution < 1.29 is 14.1 Å². The minimum absolute atomic E-state index is 0.0358. The van der Waals surface area contributed by atoms with Gasteiger partial charge in [-0.3, -0.25) is 4.79 Å². The molecule has 1 atom stereocenters. The first-order chi connectivity index (χ1) is 14.3. The summed E-state index contributed by atoms with van der Waals surface area (Å²) < 4.78 is 17.1. The van der Waals surface area contributed by atoms with Crippen LogP contribution in [0.15, 0.2) is 26.1 Å². The van der Waals surface area contributed by atoms with Gasteiger partial charge in [-0.1, -0.05) is 27.7 Å². The molecule has 0 radical (unpaired) electrons. The highest BCUT2D eigenvalue weighted by atomic mass is 32.2. The lowest BCUT2D eigenvalue weighted by atomic mass is 9.90. The molecular weight excluding hydrogens is 432 g/mol. The molecule has 1 amide bonds. The Morgan fingerprint density at radius 1 is 1.29 bits per heavy atom. The summed E-state index contributed by atoms with van der Waals surface area (Å²) in [4.78, 5) is 17.4. The number of carbonyl (C=O) groups is 1. The van der Waals surface area contributed by atoms with Gasteiger partial charge in [-0.2, -0.15) is 0 Å². The van der Waals surface area contributed by atoms with Gasteiger partial charge in [0.25, 0.3) is 5.91 Å². The maximum absolute atomic E-state index is 13.0. The molecule has 5 N–H and O–H groups in total. The fourth-order valence-corrected chi connectivity index (χ4v) is 5.46. The van der Waals surface area contributed by atoms with Crippen molar-refractivity contribution >= 4 is 27.2 Å². The van der Waals surface area contributed by atoms with Gasteiger partial charge in [-0.25, -0.2) is 14.3 Å². The van der Waals surface area contributed by atoms with E-state index in [0.29, 0.717) is 11.3 Å². The highest BCUT2D eigenvalue weighted by Gasteiger charge is 2.23. The van der Waals surface area contributed by atoms with Crippen molar-refractivity contribution in [2.24, 2.45) is 15.2 Å². The SMILES string of the molecule is CC(C)c1cc(C#CN)nc(C(C)C)c1CC(=O)N=S(N)(=O)c1cc(C(C)(C)O)cs1. The molecule has 1 unspecified atom stereocenters. The van der Waals surface area contributed by atoms with Gasteiger partial charge in [0, 0.05) is 11.7 Å². The van der Waals surface area contributed by atoms with Crippen molar-refractivity contribution in [3.8, 4) is 12.0 Å². The predicted octanol–water partition coefficient (Wildman–Crippen LogP) is 3.35. The lowest BCUT2D eigenvalue weighted by molar-refractivity contribution is -0.117. The first kappa shape index (κ1) is 25.0. The molecule has 31 heavy (non-hydrogen) atoms. The molecule has 2 aromatic rings. The van der Waals surface area contributed by atoms with Gasteiger partial charge in [-0.15, -0.1) is 15.7 Å². The third-order valence-corrected chi connectivity index (χ3v) is 7.59. The van der Waals surface area contributed by atoms with Crippen LogP contribution in [0, 0.1) is 12.0 Å². The van der Waals surface area contributed by atoms with Crippen LogP contribution in [-0.4, -0.2) is 20.2 Å². The van der Waals surface area contributed by atoms with Crippen LogP contribution in [0.3, 0.4) is 0 Å². The molecule has 0 aliphatic heterocycles. The number of pyridine rings is 1. The maximum Gasteiger partial charge on any atom is 0.259 e. The molecule has 0 fully saturated rings. The molecule has 168 valence electrons. The fourth-order valence-electron chi connectivity index (χ4n) is 3.11. The smallest absolute Gasteiger partial charge is 0.259 e. The molecular formula is C22H30N4O3S2. The zero-order valence-electron chi connectivity index (χ0n) is 18.7. The van der Waals surface area contributed by atoms with Crippen LogP contribution in [0.5, 0.6) is 0 Å². The van der Waals surface area contributed by atoms with Crippen LogP contribution >= 0.6 is 11.3 Å². The zero-order chi connectivity index (χ0) is 23.6. The quantitative estimate of drug-likeness (QED) is 0.447. The highest BCUT2D eigenvalue weighted by molar-refractivity contribution is 7.93. The van der Waals surface area contributed by atoms with E-state index in [2.05, 4.69) is 21.3 Å². The van der Waals surface area contributed by atoms with Crippen LogP contribution in [0.25, 0.3) is 0 Å². The molecule has 0 aliphatic rings. The predicted molar refractivity (Wildman–Crippen MR) is 125 cm³/mol. The Hall–Kier alpha value is -2.25. The number of rotatable bonds is 6. The molecule has 0 spiro atoms. The van der Waals surface area contributed by atoms with E-state index in [0.717, 1.165) is 28.2 Å². The number of nitrogens with zero attached hydrogens (tertiary/aromatic N) is 2. The van der Waals surface area contributed by atoms with Crippen molar-refractivity contribution in [2.45, 2.75) is 69.6 Å². The van der Waals surface area contributed by atoms with Gasteiger partial charge in [0.2, 0.25) is 0 Å². The average molecular weight is 463 g/mol. The number of amides is 1. The number of nitrogens with two attached hydrogens (primary N) is 2. The van der Waals surface area contributed by atoms with E-state index in [1.54, 1.807) is 19.2 Å². The molecule has 7 nitrogen and oxygen atoms in total. The van der Waals surface area contributed by atoms with Gasteiger partial charge in [0.1, 0.15) is 9.90 Å². The summed E-state index contributed by atoms with van der Waals surface area (Å²) in [5, 5.41) is 17.7. The second kappa shape index (κ2) is 9.49. The van der Waals surface area contributed by atoms with Crippen molar-refractivity contribution in [3.63, 3.8) is 0 Å². The van der Waals surface area contributed by atoms with Gasteiger partial charge in [0.15, 0.2) is 9.92 Å². The normalized spacial score (nSPS) is 13.6. The number of thiophene rings is 1. The minimum Gasteiger partial charge on any atom is -0.386 e. The number of aromatic nitrogens is 1. The van der Waals surface area contributed by atoms with E-state index in [-0.39, 0.29) is 22.5 Å². The first-order valence-corrected chi connectivity index (χ1v) is 12.4. The molecule has 2 heterocycles. The number of hydrogen-bond acceptors (Lipinski definition) is 6. The van der Waals surface area contributed by atoms with Crippen molar-refractivity contribution in [2.75, 3.05) is 0 Å². The van der Waals surface area contributed by atoms with Crippen LogP contribution < -0.4 is 10.9 Å². The van der Waals surface area contributed by atoms with Gasteiger partial charge in [0.05, 0.1) is 12.0 Å². The van der Waals surface area contributed by atoms with E-state index in [9.17, 15) is 14.1 Å². The first-order valence-electron chi connectivity index (χ1n) is 9.90. The number of carbonyl (C=O) groups excluding carboxylic acids is 1. The van der Waals surface area contributed by atoms with Crippen LogP contribution in [0.1, 0.15) is 81.5 Å². The largest absolute Gasteiger partial charge is 0.386 e. The third-order valence-electron chi connectivity index (χ3n) is 4.70. The maximum atomic E-state index is 13.0. The molecule has 9 heteroatoms. The van der Waals surface area contributed by atoms with Gasteiger partial charge >= 0.3 is 0 Å². The van der Waals surface area contributed by atoms with E-state index in [1.807, 2.05) is 33.8 Å². The summed E-state index contributed by atoms with van der Waals surface area (Å²) in [6, 6.07) is 5.73. The van der Waals surface area contributed by atoms with Gasteiger partial charge in [-0.05, 0) is 65.8 Å². The lowest BCUT2D eigenvalue weighted by Gasteiger charge is -2.18. The number of hydrogen-bond donors (Lipinski definition) is 3. The van der Waals surface area contributed by atoms with E-state index >= 15 is 0 Å². The van der Waals surface area contributed by atoms with Crippen LogP contribution in [-0.2, 0) is 26.7 Å². The standard InChI is InChI=1S/C22H30N4O3S2/c1-13(2)17-10-16(7-8-23)25-21(14(3)4)18(17)11-19(27)26-31(24,29)20-9-15(12-30-20)22(5,6)28/h9-10,12-14,28H,11,23H2,1-6H3,(H2,24,26,27,29). The second-order valence-electron chi connectivity index (χ2n) is 8.48. The Morgan fingerprint density at radius 3 is 2.42 bits per heavy atom. The van der Waals surface area contributed by atoms with Crippen LogP contribution in [0.2, 0.25) is 0 Å². The average Bonchev–Trinajstić information content (AvgIpc) is 3.13. The Kier molecular flexibility index (Phi) is 7.66. The molecule has 0 saturated heterocycles. The van der Waals surface area contributed by atoms with Crippen molar-refractivity contribution in [1.82, 2.24) is 4.98 Å². The Morgan fingerprint density at radius 2 is 1.94 bits per heavy atom. The lowest BCUT2D eigenvalue weighted by Crippen LogP contribution is -2.17. The Balaban J connectivity index is 2.49. The van der Waals surface area contributed by atoms with Crippen molar-refractivity contribution in [3.05, 3.63) is 45.6 Å². The van der Waals surface area contributed by atoms with E-state index in [1.165, 1.54) is 6.07 Å². The summed E-state index contributed by atoms with van der Waals surface area (Å²) in [6.45, 7) is 11.2. The highest BCUT2D eigenvalue weighted by Crippen LogP contribution is 2.30. The van der Waals surface area contributed by atoms with E-state index in [4.69, 9.17) is 10.9 Å². The van der Waals surface area contributed by atoms with Crippen LogP contribution in [0.4, 0.5) is 0 Å². The zero-order valence-corrected chi connectivity index (χ0v) is 20.4. The summed E-state index contributed by atoms with van der Waals surface area (Å²) in [7, 11) is -3.43. The molecule has 2 aromatic heterocycles. The van der Waals surface area contributed by atoms with Gasteiger partial charge < -0.3 is 10.8 Å². The molecule has 0 aromatic carbocycles. The minimum atomic E-state index is -3.43. The molecule has 0 aliphatic carbocycles. The summed E-state index contributed by atoms with van der Waals surface area (Å²) >= 11 is 1.11.